The first-order valence-electron chi connectivity index (χ1n) is 8.06. The summed E-state index contributed by atoms with van der Waals surface area (Å²) in [7, 11) is 0. The molecule has 0 atom stereocenters. The van der Waals surface area contributed by atoms with E-state index in [4.69, 9.17) is 0 Å². The number of hydrogen-bond acceptors (Lipinski definition) is 4. The summed E-state index contributed by atoms with van der Waals surface area (Å²) in [6, 6.07) is 12.4. The van der Waals surface area contributed by atoms with E-state index < -0.39 is 0 Å². The van der Waals surface area contributed by atoms with Crippen LogP contribution in [-0.4, -0.2) is 47.0 Å². The molecule has 1 fully saturated rings. The number of carbonyl (C=O) groups is 1. The molecule has 0 unspecified atom stereocenters. The highest BCUT2D eigenvalue weighted by Crippen LogP contribution is 2.31. The standard InChI is InChI=1S/C19H18N4O/c1-2-17(24)22-9-11-23(12-10-22)19-18-15-6-4-3-5-14(15)7-8-16(18)20-13-21-19/h2-8,13H,1,9-12H2. The van der Waals surface area contributed by atoms with Crippen molar-refractivity contribution in [1.82, 2.24) is 14.9 Å². The molecule has 0 N–H and O–H groups in total. The predicted octanol–water partition coefficient (Wildman–Crippen LogP) is 2.62. The second-order valence-corrected chi connectivity index (χ2v) is 5.89. The Labute approximate surface area is 140 Å². The first kappa shape index (κ1) is 14.6. The highest BCUT2D eigenvalue weighted by Gasteiger charge is 2.22. The van der Waals surface area contributed by atoms with E-state index in [0.717, 1.165) is 35.2 Å². The van der Waals surface area contributed by atoms with Crippen LogP contribution in [0.5, 0.6) is 0 Å². The van der Waals surface area contributed by atoms with Gasteiger partial charge >= 0.3 is 0 Å². The van der Waals surface area contributed by atoms with E-state index in [1.54, 1.807) is 6.33 Å². The van der Waals surface area contributed by atoms with Crippen molar-refractivity contribution in [1.29, 1.82) is 0 Å². The molecule has 2 aromatic carbocycles. The summed E-state index contributed by atoms with van der Waals surface area (Å²) in [6.45, 7) is 6.44. The van der Waals surface area contributed by atoms with Gasteiger partial charge in [0.15, 0.2) is 0 Å². The lowest BCUT2D eigenvalue weighted by atomic mass is 10.1. The van der Waals surface area contributed by atoms with Crippen molar-refractivity contribution in [2.45, 2.75) is 0 Å². The van der Waals surface area contributed by atoms with Gasteiger partial charge in [-0.25, -0.2) is 9.97 Å². The summed E-state index contributed by atoms with van der Waals surface area (Å²) >= 11 is 0. The maximum absolute atomic E-state index is 11.8. The molecule has 1 saturated heterocycles. The van der Waals surface area contributed by atoms with Crippen molar-refractivity contribution in [2.75, 3.05) is 31.1 Å². The van der Waals surface area contributed by atoms with Gasteiger partial charge in [0.05, 0.1) is 10.9 Å². The van der Waals surface area contributed by atoms with Crippen LogP contribution in [0.2, 0.25) is 0 Å². The van der Waals surface area contributed by atoms with Crippen LogP contribution >= 0.6 is 0 Å². The lowest BCUT2D eigenvalue weighted by Gasteiger charge is -2.35. The molecule has 0 radical (unpaired) electrons. The number of carbonyl (C=O) groups excluding carboxylic acids is 1. The number of piperazine rings is 1. The Hall–Kier alpha value is -2.95. The van der Waals surface area contributed by atoms with Crippen LogP contribution in [0.15, 0.2) is 55.4 Å². The van der Waals surface area contributed by atoms with E-state index in [0.29, 0.717) is 13.1 Å². The maximum Gasteiger partial charge on any atom is 0.246 e. The molecule has 1 aromatic heterocycles. The zero-order chi connectivity index (χ0) is 16.5. The van der Waals surface area contributed by atoms with Crippen LogP contribution in [0.1, 0.15) is 0 Å². The van der Waals surface area contributed by atoms with Crippen LogP contribution in [-0.2, 0) is 4.79 Å². The zero-order valence-corrected chi connectivity index (χ0v) is 13.4. The minimum atomic E-state index is -0.00681. The molecule has 5 heteroatoms. The maximum atomic E-state index is 11.8. The second-order valence-electron chi connectivity index (χ2n) is 5.89. The molecule has 1 amide bonds. The molecule has 1 aliphatic heterocycles. The average molecular weight is 318 g/mol. The number of nitrogens with zero attached hydrogens (tertiary/aromatic N) is 4. The molecule has 4 rings (SSSR count). The van der Waals surface area contributed by atoms with Gasteiger partial charge in [-0.3, -0.25) is 4.79 Å². The van der Waals surface area contributed by atoms with E-state index in [1.165, 1.54) is 11.5 Å². The van der Waals surface area contributed by atoms with Gasteiger partial charge in [-0.2, -0.15) is 0 Å². The second kappa shape index (κ2) is 5.92. The Kier molecular flexibility index (Phi) is 3.61. The van der Waals surface area contributed by atoms with Crippen LogP contribution in [0.25, 0.3) is 21.7 Å². The number of amides is 1. The van der Waals surface area contributed by atoms with Crippen molar-refractivity contribution in [3.63, 3.8) is 0 Å². The van der Waals surface area contributed by atoms with Gasteiger partial charge in [-0.15, -0.1) is 0 Å². The molecule has 2 heterocycles. The number of aromatic nitrogens is 2. The van der Waals surface area contributed by atoms with Crippen LogP contribution in [0.4, 0.5) is 5.82 Å². The van der Waals surface area contributed by atoms with Gasteiger partial charge in [-0.1, -0.05) is 36.9 Å². The molecule has 120 valence electrons. The molecule has 0 saturated carbocycles. The van der Waals surface area contributed by atoms with E-state index >= 15 is 0 Å². The summed E-state index contributed by atoms with van der Waals surface area (Å²) < 4.78 is 0. The van der Waals surface area contributed by atoms with Crippen molar-refractivity contribution in [3.05, 3.63) is 55.4 Å². The Balaban J connectivity index is 1.76. The van der Waals surface area contributed by atoms with Crippen LogP contribution < -0.4 is 4.90 Å². The first-order valence-corrected chi connectivity index (χ1v) is 8.06. The van der Waals surface area contributed by atoms with Crippen molar-refractivity contribution in [2.24, 2.45) is 0 Å². The van der Waals surface area contributed by atoms with Gasteiger partial charge in [0, 0.05) is 26.2 Å². The monoisotopic (exact) mass is 318 g/mol. The molecule has 3 aromatic rings. The number of rotatable bonds is 2. The third kappa shape index (κ3) is 2.38. The molecular weight excluding hydrogens is 300 g/mol. The molecule has 24 heavy (non-hydrogen) atoms. The fourth-order valence-electron chi connectivity index (χ4n) is 3.32. The van der Waals surface area contributed by atoms with Gasteiger partial charge in [0.25, 0.3) is 0 Å². The normalized spacial score (nSPS) is 15.0. The third-order valence-electron chi connectivity index (χ3n) is 4.57. The van der Waals surface area contributed by atoms with E-state index in [-0.39, 0.29) is 5.91 Å². The van der Waals surface area contributed by atoms with Crippen LogP contribution in [0, 0.1) is 0 Å². The molecule has 0 aliphatic carbocycles. The molecule has 0 spiro atoms. The minimum absolute atomic E-state index is 0.00681. The van der Waals surface area contributed by atoms with Crippen molar-refractivity contribution >= 4 is 33.4 Å². The zero-order valence-electron chi connectivity index (χ0n) is 13.4. The fraction of sp³-hybridized carbons (Fsp3) is 0.211. The minimum Gasteiger partial charge on any atom is -0.352 e. The summed E-state index contributed by atoms with van der Waals surface area (Å²) in [5.41, 5.74) is 0.947. The summed E-state index contributed by atoms with van der Waals surface area (Å²) in [5.74, 6) is 0.940. The summed E-state index contributed by atoms with van der Waals surface area (Å²) in [4.78, 5) is 24.8. The number of hydrogen-bond donors (Lipinski definition) is 0. The summed E-state index contributed by atoms with van der Waals surface area (Å²) in [6.07, 6.45) is 3.00. The van der Waals surface area contributed by atoms with Gasteiger partial charge in [0.2, 0.25) is 5.91 Å². The lowest BCUT2D eigenvalue weighted by Crippen LogP contribution is -2.48. The van der Waals surface area contributed by atoms with Gasteiger partial charge < -0.3 is 9.80 Å². The van der Waals surface area contributed by atoms with E-state index in [2.05, 4.69) is 39.6 Å². The quantitative estimate of drug-likeness (QED) is 0.538. The Morgan fingerprint density at radius 2 is 1.83 bits per heavy atom. The number of anilines is 1. The van der Waals surface area contributed by atoms with Crippen LogP contribution in [0.3, 0.4) is 0 Å². The highest BCUT2D eigenvalue weighted by molar-refractivity contribution is 6.11. The summed E-state index contributed by atoms with van der Waals surface area (Å²) in [5, 5.41) is 3.43. The van der Waals surface area contributed by atoms with E-state index in [9.17, 15) is 4.79 Å². The molecule has 5 nitrogen and oxygen atoms in total. The average Bonchev–Trinajstić information content (AvgIpc) is 2.67. The predicted molar refractivity (Wildman–Crippen MR) is 96.0 cm³/mol. The molecule has 0 bridgehead atoms. The lowest BCUT2D eigenvalue weighted by molar-refractivity contribution is -0.126. The van der Waals surface area contributed by atoms with E-state index in [1.807, 2.05) is 23.1 Å². The Morgan fingerprint density at radius 1 is 1.04 bits per heavy atom. The van der Waals surface area contributed by atoms with Gasteiger partial charge in [0.1, 0.15) is 12.1 Å². The first-order chi connectivity index (χ1) is 11.8. The molecular formula is C19H18N4O. The third-order valence-corrected chi connectivity index (χ3v) is 4.57. The largest absolute Gasteiger partial charge is 0.352 e. The van der Waals surface area contributed by atoms with Crippen molar-refractivity contribution in [3.8, 4) is 0 Å². The number of fused-ring (bicyclic) bond motifs is 3. The van der Waals surface area contributed by atoms with Crippen molar-refractivity contribution < 1.29 is 4.79 Å². The fourth-order valence-corrected chi connectivity index (χ4v) is 3.32. The molecule has 1 aliphatic rings. The van der Waals surface area contributed by atoms with Gasteiger partial charge in [-0.05, 0) is 22.9 Å². The Bertz CT molecular complexity index is 929. The topological polar surface area (TPSA) is 49.3 Å². The smallest absolute Gasteiger partial charge is 0.246 e. The highest BCUT2D eigenvalue weighted by atomic mass is 16.2. The Morgan fingerprint density at radius 3 is 2.62 bits per heavy atom. The SMILES string of the molecule is C=CC(=O)N1CCN(c2ncnc3ccc4ccccc4c23)CC1. The number of benzene rings is 2.